The quantitative estimate of drug-likeness (QED) is 0.832. The largest absolute Gasteiger partial charge is 0.378 e. The summed E-state index contributed by atoms with van der Waals surface area (Å²) in [6.45, 7) is 7.41. The van der Waals surface area contributed by atoms with Gasteiger partial charge in [-0.05, 0) is 50.6 Å². The summed E-state index contributed by atoms with van der Waals surface area (Å²) in [5.41, 5.74) is 5.33. The molecular formula is C20H26N2O. The minimum atomic E-state index is 0.0935. The van der Waals surface area contributed by atoms with Gasteiger partial charge < -0.3 is 9.80 Å². The number of hydrogen-bond acceptors (Lipinski definition) is 2. The van der Waals surface area contributed by atoms with Crippen molar-refractivity contribution < 1.29 is 4.79 Å². The predicted octanol–water partition coefficient (Wildman–Crippen LogP) is 4.03. The summed E-state index contributed by atoms with van der Waals surface area (Å²) >= 11 is 0. The lowest BCUT2D eigenvalue weighted by molar-refractivity contribution is 0.0752. The first-order chi connectivity index (χ1) is 10.9. The molecule has 0 aliphatic carbocycles. The van der Waals surface area contributed by atoms with Crippen molar-refractivity contribution in [2.75, 3.05) is 25.5 Å². The molecule has 2 rings (SSSR count). The number of anilines is 1. The Morgan fingerprint density at radius 3 is 2.00 bits per heavy atom. The van der Waals surface area contributed by atoms with Crippen LogP contribution < -0.4 is 4.90 Å². The van der Waals surface area contributed by atoms with Crippen LogP contribution >= 0.6 is 0 Å². The van der Waals surface area contributed by atoms with Gasteiger partial charge in [-0.15, -0.1) is 0 Å². The zero-order valence-corrected chi connectivity index (χ0v) is 14.8. The Morgan fingerprint density at radius 2 is 1.52 bits per heavy atom. The van der Waals surface area contributed by atoms with Crippen LogP contribution in [0.3, 0.4) is 0 Å². The van der Waals surface area contributed by atoms with Crippen LogP contribution in [-0.4, -0.2) is 31.4 Å². The van der Waals surface area contributed by atoms with E-state index in [0.717, 1.165) is 27.9 Å². The third kappa shape index (κ3) is 4.35. The molecule has 3 nitrogen and oxygen atoms in total. The Hall–Kier alpha value is -2.29. The van der Waals surface area contributed by atoms with E-state index in [1.54, 1.807) is 0 Å². The molecule has 0 saturated heterocycles. The van der Waals surface area contributed by atoms with Crippen LogP contribution in [0.5, 0.6) is 0 Å². The van der Waals surface area contributed by atoms with Crippen LogP contribution in [0.25, 0.3) is 0 Å². The van der Waals surface area contributed by atoms with Crippen molar-refractivity contribution in [3.05, 3.63) is 64.7 Å². The lowest BCUT2D eigenvalue weighted by Crippen LogP contribution is -2.30. The lowest BCUT2D eigenvalue weighted by atomic mass is 10.1. The molecule has 0 aliphatic heterocycles. The Labute approximate surface area is 139 Å². The lowest BCUT2D eigenvalue weighted by Gasteiger charge is -2.22. The fraction of sp³-hybridized carbons (Fsp3) is 0.350. The number of amides is 1. The smallest absolute Gasteiger partial charge is 0.254 e. The summed E-state index contributed by atoms with van der Waals surface area (Å²) in [6, 6.07) is 14.4. The van der Waals surface area contributed by atoms with E-state index in [0.29, 0.717) is 13.1 Å². The number of rotatable bonds is 5. The van der Waals surface area contributed by atoms with Gasteiger partial charge in [0.15, 0.2) is 0 Å². The number of hydrogen-bond donors (Lipinski definition) is 0. The standard InChI is InChI=1S/C20H26N2O/c1-6-22(14-17-7-9-19(10-8-17)21(4)5)20(23)18-12-15(2)11-16(3)13-18/h7-13H,6,14H2,1-5H3. The maximum atomic E-state index is 12.8. The molecule has 0 radical (unpaired) electrons. The minimum Gasteiger partial charge on any atom is -0.378 e. The molecule has 0 spiro atoms. The van der Waals surface area contributed by atoms with E-state index in [-0.39, 0.29) is 5.91 Å². The van der Waals surface area contributed by atoms with E-state index in [9.17, 15) is 4.79 Å². The fourth-order valence-corrected chi connectivity index (χ4v) is 2.73. The normalized spacial score (nSPS) is 10.5. The average Bonchev–Trinajstić information content (AvgIpc) is 2.51. The molecule has 23 heavy (non-hydrogen) atoms. The zero-order chi connectivity index (χ0) is 17.0. The Kier molecular flexibility index (Phi) is 5.43. The molecule has 1 amide bonds. The third-order valence-electron chi connectivity index (χ3n) is 3.96. The van der Waals surface area contributed by atoms with Gasteiger partial charge in [-0.2, -0.15) is 0 Å². The molecule has 122 valence electrons. The van der Waals surface area contributed by atoms with Crippen LogP contribution in [0, 0.1) is 13.8 Å². The van der Waals surface area contributed by atoms with E-state index >= 15 is 0 Å². The maximum absolute atomic E-state index is 12.8. The monoisotopic (exact) mass is 310 g/mol. The van der Waals surface area contributed by atoms with Gasteiger partial charge >= 0.3 is 0 Å². The van der Waals surface area contributed by atoms with E-state index < -0.39 is 0 Å². The summed E-state index contributed by atoms with van der Waals surface area (Å²) in [7, 11) is 4.05. The van der Waals surface area contributed by atoms with Gasteiger partial charge in [-0.25, -0.2) is 0 Å². The van der Waals surface area contributed by atoms with Gasteiger partial charge in [0.05, 0.1) is 0 Å². The van der Waals surface area contributed by atoms with Crippen molar-refractivity contribution in [1.29, 1.82) is 0 Å². The molecule has 0 N–H and O–H groups in total. The molecule has 0 unspecified atom stereocenters. The molecule has 0 aromatic heterocycles. The molecule has 0 heterocycles. The fourth-order valence-electron chi connectivity index (χ4n) is 2.73. The first-order valence-electron chi connectivity index (χ1n) is 8.04. The number of carbonyl (C=O) groups is 1. The molecule has 0 aliphatic rings. The summed E-state index contributed by atoms with van der Waals surface area (Å²) in [5.74, 6) is 0.0935. The summed E-state index contributed by atoms with van der Waals surface area (Å²) in [4.78, 5) is 16.7. The molecule has 2 aromatic carbocycles. The highest BCUT2D eigenvalue weighted by Crippen LogP contribution is 2.16. The first-order valence-corrected chi connectivity index (χ1v) is 8.04. The molecule has 0 fully saturated rings. The zero-order valence-electron chi connectivity index (χ0n) is 14.8. The average molecular weight is 310 g/mol. The summed E-state index contributed by atoms with van der Waals surface area (Å²) in [6.07, 6.45) is 0. The molecule has 0 atom stereocenters. The maximum Gasteiger partial charge on any atom is 0.254 e. The number of aryl methyl sites for hydroxylation is 2. The molecule has 0 saturated carbocycles. The van der Waals surface area contributed by atoms with Gasteiger partial charge in [-0.1, -0.05) is 29.3 Å². The van der Waals surface area contributed by atoms with E-state index in [4.69, 9.17) is 0 Å². The molecular weight excluding hydrogens is 284 g/mol. The van der Waals surface area contributed by atoms with Crippen LogP contribution in [-0.2, 0) is 6.54 Å². The topological polar surface area (TPSA) is 23.6 Å². The minimum absolute atomic E-state index is 0.0935. The Morgan fingerprint density at radius 1 is 0.957 bits per heavy atom. The van der Waals surface area contributed by atoms with E-state index in [1.807, 2.05) is 51.9 Å². The number of nitrogens with zero attached hydrogens (tertiary/aromatic N) is 2. The van der Waals surface area contributed by atoms with Gasteiger partial charge in [-0.3, -0.25) is 4.79 Å². The van der Waals surface area contributed by atoms with Crippen LogP contribution in [0.4, 0.5) is 5.69 Å². The molecule has 2 aromatic rings. The SMILES string of the molecule is CCN(Cc1ccc(N(C)C)cc1)C(=O)c1cc(C)cc(C)c1. The van der Waals surface area contributed by atoms with E-state index in [1.165, 1.54) is 0 Å². The number of carbonyl (C=O) groups excluding carboxylic acids is 1. The first kappa shape index (κ1) is 17.1. The van der Waals surface area contributed by atoms with E-state index in [2.05, 4.69) is 35.2 Å². The van der Waals surface area contributed by atoms with Crippen molar-refractivity contribution in [2.45, 2.75) is 27.3 Å². The van der Waals surface area contributed by atoms with Crippen molar-refractivity contribution in [1.82, 2.24) is 4.90 Å². The van der Waals surface area contributed by atoms with Crippen molar-refractivity contribution in [3.8, 4) is 0 Å². The summed E-state index contributed by atoms with van der Waals surface area (Å²) < 4.78 is 0. The van der Waals surface area contributed by atoms with Crippen molar-refractivity contribution >= 4 is 11.6 Å². The van der Waals surface area contributed by atoms with Crippen molar-refractivity contribution in [3.63, 3.8) is 0 Å². The second-order valence-electron chi connectivity index (χ2n) is 6.26. The van der Waals surface area contributed by atoms with Crippen LogP contribution in [0.15, 0.2) is 42.5 Å². The Balaban J connectivity index is 2.17. The van der Waals surface area contributed by atoms with Gasteiger partial charge in [0, 0.05) is 38.4 Å². The van der Waals surface area contributed by atoms with Gasteiger partial charge in [0.2, 0.25) is 0 Å². The predicted molar refractivity (Wildman–Crippen MR) is 97.1 cm³/mol. The highest BCUT2D eigenvalue weighted by Gasteiger charge is 2.15. The Bertz CT molecular complexity index is 654. The van der Waals surface area contributed by atoms with Crippen LogP contribution in [0.1, 0.15) is 34.0 Å². The van der Waals surface area contributed by atoms with Gasteiger partial charge in [0.1, 0.15) is 0 Å². The van der Waals surface area contributed by atoms with Gasteiger partial charge in [0.25, 0.3) is 5.91 Å². The van der Waals surface area contributed by atoms with Crippen molar-refractivity contribution in [2.24, 2.45) is 0 Å². The van der Waals surface area contributed by atoms with Crippen LogP contribution in [0.2, 0.25) is 0 Å². The molecule has 3 heteroatoms. The highest BCUT2D eigenvalue weighted by molar-refractivity contribution is 5.94. The summed E-state index contributed by atoms with van der Waals surface area (Å²) in [5, 5.41) is 0. The molecule has 0 bridgehead atoms. The number of benzene rings is 2. The highest BCUT2D eigenvalue weighted by atomic mass is 16.2. The second kappa shape index (κ2) is 7.32. The second-order valence-corrected chi connectivity index (χ2v) is 6.26. The third-order valence-corrected chi connectivity index (χ3v) is 3.96.